The molecule has 2 N–H and O–H groups in total. The Morgan fingerprint density at radius 2 is 2.15 bits per heavy atom. The van der Waals surface area contributed by atoms with E-state index in [1.54, 1.807) is 11.8 Å². The molecule has 4 nitrogen and oxygen atoms in total. The van der Waals surface area contributed by atoms with Gasteiger partial charge in [-0.25, -0.2) is 0 Å². The van der Waals surface area contributed by atoms with Crippen molar-refractivity contribution in [3.8, 4) is 0 Å². The van der Waals surface area contributed by atoms with Gasteiger partial charge in [-0.2, -0.15) is 0 Å². The molecule has 1 heterocycles. The van der Waals surface area contributed by atoms with E-state index in [0.717, 1.165) is 17.5 Å². The van der Waals surface area contributed by atoms with E-state index in [-0.39, 0.29) is 0 Å². The molecule has 0 saturated heterocycles. The molecule has 0 fully saturated rings. The molecule has 1 rings (SSSR count). The van der Waals surface area contributed by atoms with E-state index in [2.05, 4.69) is 28.6 Å². The summed E-state index contributed by atoms with van der Waals surface area (Å²) in [5.41, 5.74) is 5.50. The molecule has 0 radical (unpaired) electrons. The highest BCUT2D eigenvalue weighted by Crippen LogP contribution is 2.20. The van der Waals surface area contributed by atoms with Crippen molar-refractivity contribution in [3.05, 3.63) is 5.82 Å². The van der Waals surface area contributed by atoms with E-state index in [0.29, 0.717) is 11.8 Å². The van der Waals surface area contributed by atoms with E-state index in [4.69, 9.17) is 5.73 Å². The van der Waals surface area contributed by atoms with Gasteiger partial charge in [0, 0.05) is 18.3 Å². The predicted octanol–water partition coefficient (Wildman–Crippen LogP) is 1.05. The Balaban J connectivity index is 2.80. The molecule has 0 bridgehead atoms. The molecule has 5 heteroatoms. The van der Waals surface area contributed by atoms with Crippen molar-refractivity contribution >= 4 is 11.8 Å². The third-order valence-electron chi connectivity index (χ3n) is 1.60. The zero-order valence-corrected chi connectivity index (χ0v) is 9.14. The van der Waals surface area contributed by atoms with Crippen molar-refractivity contribution in [2.24, 2.45) is 5.73 Å². The lowest BCUT2D eigenvalue weighted by atomic mass is 10.6. The number of aryl methyl sites for hydroxylation is 1. The Kier molecular flexibility index (Phi) is 3.74. The number of nitrogens with two attached hydrogens (primary N) is 1. The summed E-state index contributed by atoms with van der Waals surface area (Å²) in [6.07, 6.45) is 0. The quantitative estimate of drug-likeness (QED) is 0.738. The van der Waals surface area contributed by atoms with Gasteiger partial charge in [0.05, 0.1) is 0 Å². The van der Waals surface area contributed by atoms with Crippen LogP contribution in [-0.2, 0) is 6.54 Å². The third-order valence-corrected chi connectivity index (χ3v) is 2.58. The lowest BCUT2D eigenvalue weighted by Gasteiger charge is -2.07. The molecule has 0 unspecified atom stereocenters. The van der Waals surface area contributed by atoms with Gasteiger partial charge in [-0.3, -0.25) is 0 Å². The first-order valence-corrected chi connectivity index (χ1v) is 5.29. The van der Waals surface area contributed by atoms with Crippen molar-refractivity contribution in [1.82, 2.24) is 14.8 Å². The summed E-state index contributed by atoms with van der Waals surface area (Å²) < 4.78 is 2.06. The minimum atomic E-state index is 0.528. The molecule has 0 aromatic carbocycles. The van der Waals surface area contributed by atoms with Crippen LogP contribution in [0.25, 0.3) is 0 Å². The second-order valence-corrected chi connectivity index (χ2v) is 4.68. The van der Waals surface area contributed by atoms with Crippen LogP contribution in [0.1, 0.15) is 19.7 Å². The molecule has 0 saturated carbocycles. The van der Waals surface area contributed by atoms with Crippen LogP contribution in [0, 0.1) is 6.92 Å². The molecule has 1 aromatic heterocycles. The average molecular weight is 200 g/mol. The van der Waals surface area contributed by atoms with Crippen LogP contribution in [0.15, 0.2) is 5.16 Å². The maximum Gasteiger partial charge on any atom is 0.191 e. The maximum atomic E-state index is 5.50. The van der Waals surface area contributed by atoms with Crippen molar-refractivity contribution < 1.29 is 0 Å². The van der Waals surface area contributed by atoms with Crippen LogP contribution in [0.5, 0.6) is 0 Å². The molecule has 0 aliphatic heterocycles. The zero-order valence-electron chi connectivity index (χ0n) is 8.32. The van der Waals surface area contributed by atoms with Crippen LogP contribution in [0.3, 0.4) is 0 Å². The number of hydrogen-bond acceptors (Lipinski definition) is 4. The number of thioether (sulfide) groups is 1. The van der Waals surface area contributed by atoms with Crippen molar-refractivity contribution in [2.75, 3.05) is 6.54 Å². The van der Waals surface area contributed by atoms with Crippen LogP contribution >= 0.6 is 11.8 Å². The van der Waals surface area contributed by atoms with Crippen molar-refractivity contribution in [3.63, 3.8) is 0 Å². The Morgan fingerprint density at radius 1 is 1.46 bits per heavy atom. The summed E-state index contributed by atoms with van der Waals surface area (Å²) in [6.45, 7) is 7.66. The standard InChI is InChI=1S/C8H16N4S/c1-6(2)13-8-11-10-7(3)12(8)5-4-9/h6H,4-5,9H2,1-3H3. The summed E-state index contributed by atoms with van der Waals surface area (Å²) in [7, 11) is 0. The van der Waals surface area contributed by atoms with Gasteiger partial charge in [-0.15, -0.1) is 10.2 Å². The van der Waals surface area contributed by atoms with Gasteiger partial charge >= 0.3 is 0 Å². The summed E-state index contributed by atoms with van der Waals surface area (Å²) in [4.78, 5) is 0. The monoisotopic (exact) mass is 200 g/mol. The Labute approximate surface area is 82.9 Å². The van der Waals surface area contributed by atoms with Crippen molar-refractivity contribution in [2.45, 2.75) is 37.7 Å². The number of aromatic nitrogens is 3. The van der Waals surface area contributed by atoms with E-state index in [1.807, 2.05) is 6.92 Å². The fourth-order valence-electron chi connectivity index (χ4n) is 1.05. The molecular formula is C8H16N4S. The van der Waals surface area contributed by atoms with Gasteiger partial charge in [-0.1, -0.05) is 25.6 Å². The van der Waals surface area contributed by atoms with Gasteiger partial charge in [0.1, 0.15) is 5.82 Å². The second kappa shape index (κ2) is 4.62. The largest absolute Gasteiger partial charge is 0.329 e. The molecule has 0 spiro atoms. The summed E-state index contributed by atoms with van der Waals surface area (Å²) in [5.74, 6) is 0.939. The first-order chi connectivity index (χ1) is 6.15. The molecule has 74 valence electrons. The molecule has 0 atom stereocenters. The number of nitrogens with zero attached hydrogens (tertiary/aromatic N) is 3. The topological polar surface area (TPSA) is 56.7 Å². The van der Waals surface area contributed by atoms with E-state index in [9.17, 15) is 0 Å². The minimum Gasteiger partial charge on any atom is -0.329 e. The number of rotatable bonds is 4. The van der Waals surface area contributed by atoms with Crippen LogP contribution in [0.4, 0.5) is 0 Å². The van der Waals surface area contributed by atoms with E-state index < -0.39 is 0 Å². The first-order valence-electron chi connectivity index (χ1n) is 4.41. The highest BCUT2D eigenvalue weighted by Gasteiger charge is 2.09. The third kappa shape index (κ3) is 2.70. The smallest absolute Gasteiger partial charge is 0.191 e. The molecule has 0 amide bonds. The van der Waals surface area contributed by atoms with Gasteiger partial charge in [-0.05, 0) is 6.92 Å². The lowest BCUT2D eigenvalue weighted by molar-refractivity contribution is 0.627. The maximum absolute atomic E-state index is 5.50. The highest BCUT2D eigenvalue weighted by atomic mass is 32.2. The first kappa shape index (κ1) is 10.5. The normalized spacial score (nSPS) is 11.2. The SMILES string of the molecule is Cc1nnc(SC(C)C)n1CCN. The molecule has 13 heavy (non-hydrogen) atoms. The molecule has 0 aliphatic rings. The lowest BCUT2D eigenvalue weighted by Crippen LogP contribution is -2.12. The van der Waals surface area contributed by atoms with Crippen LogP contribution in [-0.4, -0.2) is 26.6 Å². The van der Waals surface area contributed by atoms with Crippen LogP contribution in [0.2, 0.25) is 0 Å². The van der Waals surface area contributed by atoms with Gasteiger partial charge in [0.2, 0.25) is 0 Å². The fraction of sp³-hybridized carbons (Fsp3) is 0.750. The fourth-order valence-corrected chi connectivity index (χ4v) is 1.91. The summed E-state index contributed by atoms with van der Waals surface area (Å²) >= 11 is 1.72. The average Bonchev–Trinajstić information content (AvgIpc) is 2.35. The van der Waals surface area contributed by atoms with E-state index in [1.165, 1.54) is 0 Å². The minimum absolute atomic E-state index is 0.528. The van der Waals surface area contributed by atoms with Gasteiger partial charge in [0.25, 0.3) is 0 Å². The van der Waals surface area contributed by atoms with Crippen LogP contribution < -0.4 is 5.73 Å². The van der Waals surface area contributed by atoms with Gasteiger partial charge in [0.15, 0.2) is 5.16 Å². The van der Waals surface area contributed by atoms with Gasteiger partial charge < -0.3 is 10.3 Å². The Morgan fingerprint density at radius 3 is 2.69 bits per heavy atom. The molecular weight excluding hydrogens is 184 g/mol. The van der Waals surface area contributed by atoms with E-state index >= 15 is 0 Å². The summed E-state index contributed by atoms with van der Waals surface area (Å²) in [6, 6.07) is 0. The molecule has 0 aliphatic carbocycles. The highest BCUT2D eigenvalue weighted by molar-refractivity contribution is 7.99. The zero-order chi connectivity index (χ0) is 9.84. The molecule has 1 aromatic rings. The van der Waals surface area contributed by atoms with Crippen molar-refractivity contribution in [1.29, 1.82) is 0 Å². The number of hydrogen-bond donors (Lipinski definition) is 1. The Bertz CT molecular complexity index is 269. The summed E-state index contributed by atoms with van der Waals surface area (Å²) in [5, 5.41) is 9.62. The second-order valence-electron chi connectivity index (χ2n) is 3.14. The predicted molar refractivity (Wildman–Crippen MR) is 54.8 cm³/mol. The Hall–Kier alpha value is -0.550.